The van der Waals surface area contributed by atoms with Crippen molar-refractivity contribution < 1.29 is 99.9 Å². The molecule has 2 radical (unpaired) electrons. The van der Waals surface area contributed by atoms with Gasteiger partial charge in [-0.15, -0.1) is 0 Å². The summed E-state index contributed by atoms with van der Waals surface area (Å²) in [6.07, 6.45) is 0. The fraction of sp³-hybridized carbons (Fsp3) is 0. The average Bonchev–Trinajstić information content (AvgIpc) is 0. The first-order chi connectivity index (χ1) is 0. The van der Waals surface area contributed by atoms with E-state index in [1.165, 1.54) is 0 Å². The molecule has 4 nitrogen and oxygen atoms in total. The van der Waals surface area contributed by atoms with Crippen molar-refractivity contribution in [3.8, 4) is 0 Å². The fourth-order valence-electron chi connectivity index (χ4n) is 0. The standard InChI is InChI=1S/2Ce.H3N.3O/h;;1H3;;;/q2*+3;;3*-2. The van der Waals surface area contributed by atoms with Gasteiger partial charge in [-0.3, -0.25) is 0 Å². The summed E-state index contributed by atoms with van der Waals surface area (Å²) in [5.41, 5.74) is 0. The molecule has 0 unspecified atom stereocenters. The van der Waals surface area contributed by atoms with Crippen molar-refractivity contribution in [3.05, 3.63) is 0 Å². The zero-order valence-corrected chi connectivity index (χ0v) is 9.21. The molecule has 3 N–H and O–H groups in total. The first kappa shape index (κ1) is 73.7. The average molecular weight is 345 g/mol. The predicted octanol–water partition coefficient (Wildman–Crippen LogP) is -0.194. The molecule has 0 bridgehead atoms. The number of rotatable bonds is 0. The Labute approximate surface area is 104 Å². The van der Waals surface area contributed by atoms with E-state index in [0.29, 0.717) is 0 Å². The van der Waals surface area contributed by atoms with Gasteiger partial charge in [0.15, 0.2) is 0 Å². The SMILES string of the molecule is N.[Ce+3].[Ce+3].[O-2].[O-2].[O-2]. The Balaban J connectivity index is 0. The van der Waals surface area contributed by atoms with Gasteiger partial charge in [0.25, 0.3) is 0 Å². The maximum Gasteiger partial charge on any atom is 3.00 e. The third-order valence-electron chi connectivity index (χ3n) is 0. The molecule has 0 heterocycles. The minimum atomic E-state index is 0. The molecular formula is H3Ce2NO3. The van der Waals surface area contributed by atoms with Crippen molar-refractivity contribution in [1.29, 1.82) is 0 Å². The molecule has 0 aliphatic carbocycles. The summed E-state index contributed by atoms with van der Waals surface area (Å²) in [6, 6.07) is 0. The van der Waals surface area contributed by atoms with Crippen LogP contribution in [0.1, 0.15) is 0 Å². The molecular weight excluding hydrogens is 342 g/mol. The van der Waals surface area contributed by atoms with Crippen molar-refractivity contribution in [2.24, 2.45) is 0 Å². The monoisotopic (exact) mass is 345 g/mol. The van der Waals surface area contributed by atoms with Crippen molar-refractivity contribution in [2.75, 3.05) is 0 Å². The number of hydrogen-bond acceptors (Lipinski definition) is 1. The van der Waals surface area contributed by atoms with Crippen LogP contribution in [-0.2, 0) is 16.4 Å². The van der Waals surface area contributed by atoms with Gasteiger partial charge in [0.1, 0.15) is 0 Å². The Kier molecular flexibility index (Phi) is 603. The first-order valence-corrected chi connectivity index (χ1v) is 0. The molecule has 0 aromatic rings. The van der Waals surface area contributed by atoms with Gasteiger partial charge < -0.3 is 22.6 Å². The summed E-state index contributed by atoms with van der Waals surface area (Å²) >= 11 is 0. The zero-order chi connectivity index (χ0) is 0. The molecule has 0 saturated carbocycles. The quantitative estimate of drug-likeness (QED) is 0.643. The summed E-state index contributed by atoms with van der Waals surface area (Å²) in [7, 11) is 0. The van der Waals surface area contributed by atoms with Gasteiger partial charge in [-0.2, -0.15) is 0 Å². The van der Waals surface area contributed by atoms with E-state index in [0.717, 1.165) is 0 Å². The van der Waals surface area contributed by atoms with E-state index in [1.807, 2.05) is 0 Å². The van der Waals surface area contributed by atoms with Gasteiger partial charge in [0, 0.05) is 0 Å². The molecule has 0 aliphatic heterocycles. The second kappa shape index (κ2) is 49.1. The largest absolute Gasteiger partial charge is 3.00 e. The van der Waals surface area contributed by atoms with Crippen LogP contribution in [0.25, 0.3) is 0 Å². The normalized spacial score (nSPS) is 0. The van der Waals surface area contributed by atoms with Gasteiger partial charge in [0.2, 0.25) is 0 Å². The van der Waals surface area contributed by atoms with Crippen molar-refractivity contribution >= 4 is 0 Å². The smallest absolute Gasteiger partial charge is 2.00 e. The number of hydrogen-bond donors (Lipinski definition) is 1. The Morgan fingerprint density at radius 2 is 0.500 bits per heavy atom. The third kappa shape index (κ3) is 30.7. The van der Waals surface area contributed by atoms with Crippen molar-refractivity contribution in [3.63, 3.8) is 0 Å². The summed E-state index contributed by atoms with van der Waals surface area (Å²) < 4.78 is 0. The molecule has 0 rings (SSSR count). The van der Waals surface area contributed by atoms with Gasteiger partial charge >= 0.3 is 83.5 Å². The van der Waals surface area contributed by atoms with E-state index in [1.54, 1.807) is 0 Å². The van der Waals surface area contributed by atoms with Gasteiger partial charge in [0.05, 0.1) is 0 Å². The van der Waals surface area contributed by atoms with Crippen LogP contribution >= 0.6 is 0 Å². The van der Waals surface area contributed by atoms with Gasteiger partial charge in [-0.25, -0.2) is 0 Å². The van der Waals surface area contributed by atoms with Crippen molar-refractivity contribution in [2.45, 2.75) is 0 Å². The third-order valence-corrected chi connectivity index (χ3v) is 0. The Hall–Kier alpha value is 2.59. The molecule has 0 spiro atoms. The van der Waals surface area contributed by atoms with Crippen molar-refractivity contribution in [1.82, 2.24) is 6.15 Å². The van der Waals surface area contributed by atoms with E-state index in [2.05, 4.69) is 0 Å². The Bertz CT molecular complexity index is 8.75. The fourth-order valence-corrected chi connectivity index (χ4v) is 0. The van der Waals surface area contributed by atoms with E-state index < -0.39 is 0 Å². The van der Waals surface area contributed by atoms with Crippen LogP contribution in [0, 0.1) is 83.5 Å². The van der Waals surface area contributed by atoms with Crippen LogP contribution in [0.2, 0.25) is 0 Å². The van der Waals surface area contributed by atoms with Crippen LogP contribution < -0.4 is 6.15 Å². The topological polar surface area (TPSA) is 120 Å². The molecule has 34 valence electrons. The molecule has 0 saturated heterocycles. The summed E-state index contributed by atoms with van der Waals surface area (Å²) in [5, 5.41) is 0. The maximum atomic E-state index is 0. The summed E-state index contributed by atoms with van der Waals surface area (Å²) in [4.78, 5) is 0. The predicted molar refractivity (Wildman–Crippen MR) is 7.08 cm³/mol. The molecule has 6 heteroatoms. The Morgan fingerprint density at radius 3 is 0.500 bits per heavy atom. The molecule has 0 atom stereocenters. The molecule has 0 aromatic heterocycles. The minimum Gasteiger partial charge on any atom is -2.00 e. The Morgan fingerprint density at radius 1 is 0.500 bits per heavy atom. The van der Waals surface area contributed by atoms with E-state index >= 15 is 0 Å². The minimum absolute atomic E-state index is 0. The molecule has 6 heavy (non-hydrogen) atoms. The summed E-state index contributed by atoms with van der Waals surface area (Å²) in [5.74, 6) is 0. The maximum absolute atomic E-state index is 0. The van der Waals surface area contributed by atoms with Crippen LogP contribution in [0.5, 0.6) is 0 Å². The van der Waals surface area contributed by atoms with E-state index in [9.17, 15) is 0 Å². The molecule has 0 fully saturated rings. The van der Waals surface area contributed by atoms with E-state index in [4.69, 9.17) is 0 Å². The van der Waals surface area contributed by atoms with E-state index in [-0.39, 0.29) is 106 Å². The van der Waals surface area contributed by atoms with Crippen LogP contribution in [0.3, 0.4) is 0 Å². The van der Waals surface area contributed by atoms with Gasteiger partial charge in [-0.05, 0) is 0 Å². The second-order valence-corrected chi connectivity index (χ2v) is 0. The summed E-state index contributed by atoms with van der Waals surface area (Å²) in [6.45, 7) is 0. The molecule has 0 aromatic carbocycles. The second-order valence-electron chi connectivity index (χ2n) is 0. The first-order valence-electron chi connectivity index (χ1n) is 0. The zero-order valence-electron chi connectivity index (χ0n) is 2.93. The van der Waals surface area contributed by atoms with Crippen LogP contribution in [-0.4, -0.2) is 0 Å². The molecule has 0 amide bonds. The van der Waals surface area contributed by atoms with Gasteiger partial charge in [-0.1, -0.05) is 0 Å². The van der Waals surface area contributed by atoms with Crippen LogP contribution in [0.4, 0.5) is 0 Å². The van der Waals surface area contributed by atoms with Crippen LogP contribution in [0.15, 0.2) is 0 Å². The molecule has 0 aliphatic rings.